The lowest BCUT2D eigenvalue weighted by Gasteiger charge is -2.14. The fourth-order valence-electron chi connectivity index (χ4n) is 2.41. The van der Waals surface area contributed by atoms with Gasteiger partial charge in [0.15, 0.2) is 0 Å². The zero-order valence-corrected chi connectivity index (χ0v) is 13.2. The molecule has 1 aromatic carbocycles. The molecule has 1 unspecified atom stereocenters. The van der Waals surface area contributed by atoms with Gasteiger partial charge in [0, 0.05) is 6.04 Å². The van der Waals surface area contributed by atoms with E-state index >= 15 is 0 Å². The average molecular weight is 261 g/mol. The van der Waals surface area contributed by atoms with Crippen molar-refractivity contribution in [3.05, 3.63) is 35.4 Å². The smallest absolute Gasteiger partial charge is 0.0291 e. The third kappa shape index (κ3) is 7.37. The molecule has 0 bridgehead atoms. The Kier molecular flexibility index (Phi) is 7.81. The first kappa shape index (κ1) is 16.2. The van der Waals surface area contributed by atoms with Crippen LogP contribution in [-0.2, 0) is 0 Å². The van der Waals surface area contributed by atoms with Gasteiger partial charge in [-0.3, -0.25) is 0 Å². The highest BCUT2D eigenvalue weighted by atomic mass is 14.9. The Morgan fingerprint density at radius 1 is 1.00 bits per heavy atom. The van der Waals surface area contributed by atoms with Crippen molar-refractivity contribution in [1.82, 2.24) is 5.32 Å². The Bertz CT molecular complexity index is 343. The Morgan fingerprint density at radius 3 is 2.42 bits per heavy atom. The molecule has 0 fully saturated rings. The van der Waals surface area contributed by atoms with Crippen LogP contribution < -0.4 is 5.32 Å². The summed E-state index contributed by atoms with van der Waals surface area (Å²) in [6.45, 7) is 10.2. The molecule has 19 heavy (non-hydrogen) atoms. The Labute approximate surface area is 119 Å². The molecule has 0 heterocycles. The summed E-state index contributed by atoms with van der Waals surface area (Å²) in [6, 6.07) is 9.27. The van der Waals surface area contributed by atoms with Crippen molar-refractivity contribution < 1.29 is 0 Å². The summed E-state index contributed by atoms with van der Waals surface area (Å²) in [5, 5.41) is 3.63. The van der Waals surface area contributed by atoms with Gasteiger partial charge in [-0.05, 0) is 38.3 Å². The highest BCUT2D eigenvalue weighted by Crippen LogP contribution is 2.14. The lowest BCUT2D eigenvalue weighted by Crippen LogP contribution is -2.19. The van der Waals surface area contributed by atoms with E-state index in [9.17, 15) is 0 Å². The van der Waals surface area contributed by atoms with Gasteiger partial charge < -0.3 is 5.32 Å². The first-order chi connectivity index (χ1) is 9.09. The maximum absolute atomic E-state index is 3.63. The molecular weight excluding hydrogens is 230 g/mol. The molecule has 1 rings (SSSR count). The third-order valence-electron chi connectivity index (χ3n) is 3.70. The largest absolute Gasteiger partial charge is 0.310 e. The van der Waals surface area contributed by atoms with Crippen molar-refractivity contribution >= 4 is 0 Å². The van der Waals surface area contributed by atoms with E-state index in [2.05, 4.69) is 57.3 Å². The summed E-state index contributed by atoms with van der Waals surface area (Å²) in [7, 11) is 0. The summed E-state index contributed by atoms with van der Waals surface area (Å²) in [5.41, 5.74) is 2.75. The zero-order chi connectivity index (χ0) is 14.1. The highest BCUT2D eigenvalue weighted by molar-refractivity contribution is 5.24. The molecule has 1 heteroatoms. The molecule has 1 N–H and O–H groups in total. The fourth-order valence-corrected chi connectivity index (χ4v) is 2.41. The molecule has 0 aliphatic rings. The van der Waals surface area contributed by atoms with Crippen LogP contribution in [0.1, 0.15) is 70.0 Å². The van der Waals surface area contributed by atoms with Crippen molar-refractivity contribution in [3.8, 4) is 0 Å². The molecule has 1 aromatic rings. The molecule has 0 radical (unpaired) electrons. The second-order valence-electron chi connectivity index (χ2n) is 6.19. The van der Waals surface area contributed by atoms with Crippen molar-refractivity contribution in [2.45, 2.75) is 65.8 Å². The minimum Gasteiger partial charge on any atom is -0.310 e. The van der Waals surface area contributed by atoms with Crippen LogP contribution in [0.3, 0.4) is 0 Å². The summed E-state index contributed by atoms with van der Waals surface area (Å²) < 4.78 is 0. The number of hydrogen-bond donors (Lipinski definition) is 1. The second-order valence-corrected chi connectivity index (χ2v) is 6.19. The summed E-state index contributed by atoms with van der Waals surface area (Å²) >= 11 is 0. The number of nitrogens with one attached hydrogen (secondary N) is 1. The van der Waals surface area contributed by atoms with Crippen LogP contribution in [0.5, 0.6) is 0 Å². The van der Waals surface area contributed by atoms with E-state index in [1.165, 1.54) is 43.2 Å². The second kappa shape index (κ2) is 9.14. The molecule has 0 aliphatic carbocycles. The lowest BCUT2D eigenvalue weighted by molar-refractivity contribution is 0.498. The SMILES string of the molecule is Cc1cccc(C(C)NCCCCCCC(C)C)c1. The molecule has 0 amide bonds. The average Bonchev–Trinajstić information content (AvgIpc) is 2.37. The van der Waals surface area contributed by atoms with Crippen LogP contribution in [0.2, 0.25) is 0 Å². The van der Waals surface area contributed by atoms with Gasteiger partial charge in [-0.25, -0.2) is 0 Å². The van der Waals surface area contributed by atoms with Gasteiger partial charge in [0.25, 0.3) is 0 Å². The standard InChI is InChI=1S/C18H31N/c1-15(2)10-7-5-6-8-13-19-17(4)18-12-9-11-16(3)14-18/h9,11-12,14-15,17,19H,5-8,10,13H2,1-4H3. The van der Waals surface area contributed by atoms with Crippen molar-refractivity contribution in [2.75, 3.05) is 6.54 Å². The van der Waals surface area contributed by atoms with E-state index in [1.807, 2.05) is 0 Å². The van der Waals surface area contributed by atoms with E-state index in [-0.39, 0.29) is 0 Å². The quantitative estimate of drug-likeness (QED) is 0.598. The lowest BCUT2D eigenvalue weighted by atomic mass is 10.0. The predicted molar refractivity (Wildman–Crippen MR) is 85.5 cm³/mol. The van der Waals surface area contributed by atoms with Gasteiger partial charge in [-0.15, -0.1) is 0 Å². The molecule has 1 nitrogen and oxygen atoms in total. The molecule has 108 valence electrons. The first-order valence-electron chi connectivity index (χ1n) is 7.89. The van der Waals surface area contributed by atoms with Gasteiger partial charge in [0.1, 0.15) is 0 Å². The van der Waals surface area contributed by atoms with Crippen LogP contribution >= 0.6 is 0 Å². The Balaban J connectivity index is 2.09. The fraction of sp³-hybridized carbons (Fsp3) is 0.667. The number of unbranched alkanes of at least 4 members (excludes halogenated alkanes) is 3. The van der Waals surface area contributed by atoms with Gasteiger partial charge in [0.05, 0.1) is 0 Å². The van der Waals surface area contributed by atoms with Gasteiger partial charge in [0.2, 0.25) is 0 Å². The zero-order valence-electron chi connectivity index (χ0n) is 13.2. The van der Waals surface area contributed by atoms with Gasteiger partial charge >= 0.3 is 0 Å². The van der Waals surface area contributed by atoms with Crippen molar-refractivity contribution in [3.63, 3.8) is 0 Å². The minimum atomic E-state index is 0.468. The number of rotatable bonds is 9. The Morgan fingerprint density at radius 2 is 1.74 bits per heavy atom. The molecular formula is C18H31N. The van der Waals surface area contributed by atoms with Crippen LogP contribution in [-0.4, -0.2) is 6.54 Å². The minimum absolute atomic E-state index is 0.468. The van der Waals surface area contributed by atoms with Crippen molar-refractivity contribution in [1.29, 1.82) is 0 Å². The van der Waals surface area contributed by atoms with Crippen LogP contribution in [0, 0.1) is 12.8 Å². The predicted octanol–water partition coefficient (Wildman–Crippen LogP) is 5.25. The molecule has 0 saturated carbocycles. The molecule has 0 aliphatic heterocycles. The third-order valence-corrected chi connectivity index (χ3v) is 3.70. The first-order valence-corrected chi connectivity index (χ1v) is 7.89. The molecule has 0 spiro atoms. The topological polar surface area (TPSA) is 12.0 Å². The number of aryl methyl sites for hydroxylation is 1. The Hall–Kier alpha value is -0.820. The van der Waals surface area contributed by atoms with E-state index in [4.69, 9.17) is 0 Å². The van der Waals surface area contributed by atoms with E-state index in [0.29, 0.717) is 6.04 Å². The van der Waals surface area contributed by atoms with Gasteiger partial charge in [-0.1, -0.05) is 69.4 Å². The van der Waals surface area contributed by atoms with E-state index in [1.54, 1.807) is 0 Å². The summed E-state index contributed by atoms with van der Waals surface area (Å²) in [6.07, 6.45) is 6.82. The number of benzene rings is 1. The monoisotopic (exact) mass is 261 g/mol. The maximum Gasteiger partial charge on any atom is 0.0291 e. The highest BCUT2D eigenvalue weighted by Gasteiger charge is 2.03. The van der Waals surface area contributed by atoms with E-state index < -0.39 is 0 Å². The van der Waals surface area contributed by atoms with Gasteiger partial charge in [-0.2, -0.15) is 0 Å². The summed E-state index contributed by atoms with van der Waals surface area (Å²) in [5.74, 6) is 0.861. The van der Waals surface area contributed by atoms with E-state index in [0.717, 1.165) is 12.5 Å². The maximum atomic E-state index is 3.63. The van der Waals surface area contributed by atoms with Crippen LogP contribution in [0.15, 0.2) is 24.3 Å². The molecule has 1 atom stereocenters. The normalized spacial score (nSPS) is 12.9. The summed E-state index contributed by atoms with van der Waals surface area (Å²) in [4.78, 5) is 0. The van der Waals surface area contributed by atoms with Crippen LogP contribution in [0.4, 0.5) is 0 Å². The molecule has 0 aromatic heterocycles. The number of hydrogen-bond acceptors (Lipinski definition) is 1. The van der Waals surface area contributed by atoms with Crippen molar-refractivity contribution in [2.24, 2.45) is 5.92 Å². The van der Waals surface area contributed by atoms with Crippen LogP contribution in [0.25, 0.3) is 0 Å². The molecule has 0 saturated heterocycles.